The first kappa shape index (κ1) is 97.1. The van der Waals surface area contributed by atoms with Crippen molar-refractivity contribution < 1.29 is 4.39 Å². The Morgan fingerprint density at radius 2 is 0.560 bits per heavy atom. The number of allylic oxidation sites excluding steroid dienone is 3. The summed E-state index contributed by atoms with van der Waals surface area (Å²) in [6.45, 7) is 6.04. The number of aromatic nitrogens is 10. The van der Waals surface area contributed by atoms with Crippen molar-refractivity contribution in [3.63, 3.8) is 0 Å². The number of halogens is 1. The van der Waals surface area contributed by atoms with Gasteiger partial charge in [-0.1, -0.05) is 321 Å². The van der Waals surface area contributed by atoms with Gasteiger partial charge in [-0.15, -0.1) is 0 Å². The molecule has 15 heteroatoms. The maximum Gasteiger partial charge on any atom is 0.135 e. The molecule has 0 unspecified atom stereocenters. The molecule has 12 heterocycles. The van der Waals surface area contributed by atoms with E-state index in [1.54, 1.807) is 19.1 Å². The Labute approximate surface area is 873 Å². The number of rotatable bonds is 21. The molecule has 8 aromatic heterocycles. The van der Waals surface area contributed by atoms with Gasteiger partial charge in [-0.2, -0.15) is 0 Å². The first-order valence-electron chi connectivity index (χ1n) is 52.2. The molecule has 4 aliphatic rings. The summed E-state index contributed by atoms with van der Waals surface area (Å²) in [6.07, 6.45) is 21.1. The number of pyridine rings is 6. The van der Waals surface area contributed by atoms with Crippen LogP contribution in [0.4, 0.5) is 10.1 Å². The highest BCUT2D eigenvalue weighted by molar-refractivity contribution is 6.07. The van der Waals surface area contributed by atoms with E-state index in [9.17, 15) is 4.39 Å². The fraction of sp³-hybridized carbons (Fsp3) is 0.156. The molecule has 0 fully saturated rings. The number of benzene rings is 15. The Hall–Kier alpha value is -17.7. The lowest BCUT2D eigenvalue weighted by atomic mass is 10.0. The Kier molecular flexibility index (Phi) is 29.2. The lowest BCUT2D eigenvalue weighted by molar-refractivity contribution is 0.614. The first-order valence-corrected chi connectivity index (χ1v) is 52.2. The van der Waals surface area contributed by atoms with Gasteiger partial charge in [0, 0.05) is 175 Å². The average Bonchev–Trinajstić information content (AvgIpc) is 1.62. The number of hydrogen-bond acceptors (Lipinski definition) is 12. The van der Waals surface area contributed by atoms with Crippen molar-refractivity contribution in [3.05, 3.63) is 503 Å². The molecule has 0 atom stereocenters. The molecule has 4 aliphatic heterocycles. The van der Waals surface area contributed by atoms with Crippen LogP contribution < -0.4 is 0 Å². The molecule has 0 bridgehead atoms. The SMILES string of the molecule is Cc1cccc(C2=CCC(CCc3ccc4ccccc4n3)=N2)c1.Cc1cccc(C2=CCC(CCc3ccc4ccccc4n3)=N2)c1F.Cc1ccccc1C1=CCC(CCc2ccc3ccccc3n2)=N1.Cn1c(CCc2ccc3ccccc3n2)nc2c3ccccc3ccc21.Cn1c(CCc2ccc3ccccc3n2)nc2c3ccccc3ccc21.c1ccc2nc(CCC3=Nc4c(ccc5ccccc45)C3)ccc2c1. The fourth-order valence-corrected chi connectivity index (χ4v) is 20.5. The van der Waals surface area contributed by atoms with E-state index in [0.717, 1.165) is 221 Å². The van der Waals surface area contributed by atoms with Crippen LogP contribution in [0.3, 0.4) is 0 Å². The van der Waals surface area contributed by atoms with E-state index in [0.29, 0.717) is 11.1 Å². The van der Waals surface area contributed by atoms with Crippen LogP contribution >= 0.6 is 0 Å². The average molecular weight is 1950 g/mol. The topological polar surface area (TPSA) is 162 Å². The Morgan fingerprint density at radius 3 is 0.973 bits per heavy atom. The van der Waals surface area contributed by atoms with Crippen molar-refractivity contribution in [2.45, 2.75) is 124 Å². The smallest absolute Gasteiger partial charge is 0.135 e. The predicted octanol–water partition coefficient (Wildman–Crippen LogP) is 32.0. The van der Waals surface area contributed by atoms with Crippen LogP contribution in [0.15, 0.2) is 433 Å². The van der Waals surface area contributed by atoms with Crippen molar-refractivity contribution in [3.8, 4) is 0 Å². The second-order valence-electron chi connectivity index (χ2n) is 39.1. The molecule has 14 nitrogen and oxygen atoms in total. The van der Waals surface area contributed by atoms with Gasteiger partial charge in [-0.05, 0) is 215 Å². The lowest BCUT2D eigenvalue weighted by Crippen LogP contribution is -2.01. The zero-order chi connectivity index (χ0) is 102. The molecular weight excluding hydrogens is 1840 g/mol. The summed E-state index contributed by atoms with van der Waals surface area (Å²) in [6, 6.07) is 136. The van der Waals surface area contributed by atoms with Gasteiger partial charge >= 0.3 is 0 Å². The van der Waals surface area contributed by atoms with Gasteiger partial charge in [0.25, 0.3) is 0 Å². The zero-order valence-electron chi connectivity index (χ0n) is 85.2. The van der Waals surface area contributed by atoms with Crippen LogP contribution in [0, 0.1) is 26.6 Å². The molecule has 0 N–H and O–H groups in total. The molecule has 0 radical (unpaired) electrons. The van der Waals surface area contributed by atoms with E-state index >= 15 is 0 Å². The number of nitrogens with zero attached hydrogens (tertiary/aromatic N) is 14. The summed E-state index contributed by atoms with van der Waals surface area (Å²) in [5.41, 5.74) is 34.2. The third-order valence-corrected chi connectivity index (χ3v) is 28.8. The van der Waals surface area contributed by atoms with Crippen molar-refractivity contribution in [2.75, 3.05) is 0 Å². The summed E-state index contributed by atoms with van der Waals surface area (Å²) >= 11 is 0. The van der Waals surface area contributed by atoms with E-state index < -0.39 is 0 Å². The molecule has 27 rings (SSSR count). The summed E-state index contributed by atoms with van der Waals surface area (Å²) in [5.74, 6) is 2.03. The normalized spacial score (nSPS) is 13.0. The number of hydrogen-bond donors (Lipinski definition) is 0. The predicted molar refractivity (Wildman–Crippen MR) is 623 cm³/mol. The molecule has 23 aromatic rings. The number of para-hydroxylation sites is 6. The molecule has 732 valence electrons. The Bertz CT molecular complexity index is 9070. The van der Waals surface area contributed by atoms with Crippen LogP contribution in [0.1, 0.15) is 130 Å². The van der Waals surface area contributed by atoms with Crippen molar-refractivity contribution in [1.82, 2.24) is 49.0 Å². The minimum Gasteiger partial charge on any atom is -0.331 e. The molecule has 0 amide bonds. The van der Waals surface area contributed by atoms with E-state index in [2.05, 4.69) is 370 Å². The summed E-state index contributed by atoms with van der Waals surface area (Å²) in [5, 5.41) is 14.6. The minimum atomic E-state index is -0.171. The maximum absolute atomic E-state index is 14.3. The highest BCUT2D eigenvalue weighted by atomic mass is 19.1. The van der Waals surface area contributed by atoms with Gasteiger partial charge < -0.3 is 9.13 Å². The lowest BCUT2D eigenvalue weighted by Gasteiger charge is -2.05. The number of fused-ring (bicyclic) bond motifs is 15. The third-order valence-electron chi connectivity index (χ3n) is 28.8. The van der Waals surface area contributed by atoms with E-state index in [4.69, 9.17) is 54.8 Å². The zero-order valence-corrected chi connectivity index (χ0v) is 85.2. The molecule has 0 saturated heterocycles. The molecular formula is C135H115FN14. The van der Waals surface area contributed by atoms with Crippen molar-refractivity contribution >= 4 is 165 Å². The molecule has 0 saturated carbocycles. The van der Waals surface area contributed by atoms with Gasteiger partial charge in [-0.3, -0.25) is 49.9 Å². The highest BCUT2D eigenvalue weighted by Crippen LogP contribution is 2.38. The molecule has 0 spiro atoms. The van der Waals surface area contributed by atoms with Crippen LogP contribution in [0.25, 0.3) is 137 Å². The van der Waals surface area contributed by atoms with Gasteiger partial charge in [0.15, 0.2) is 0 Å². The molecule has 15 aromatic carbocycles. The molecule has 0 aliphatic carbocycles. The minimum absolute atomic E-state index is 0.171. The largest absolute Gasteiger partial charge is 0.331 e. The number of aliphatic imine (C=N–C) groups is 4. The van der Waals surface area contributed by atoms with Crippen molar-refractivity contribution in [1.29, 1.82) is 0 Å². The van der Waals surface area contributed by atoms with Gasteiger partial charge in [0.05, 0.1) is 77.9 Å². The summed E-state index contributed by atoms with van der Waals surface area (Å²) < 4.78 is 18.7. The second kappa shape index (κ2) is 45.1. The standard InChI is InChI=1S/2C23H19N3.C23H18N2.C22H19FN2.2C22H20N2/c2*1-26-21-14-11-16-6-2-4-8-19(16)23(21)25-22(26)15-13-18-12-10-17-7-3-5-9-20(17)24-18;1-3-7-21-16(5-1)9-10-18-15-20(25-23(18)21)14-13-19-12-11-17-6-2-4-8-22(17)24-19;1-15-5-4-7-19(22(15)23)21-14-13-18(25-21)12-11-17-10-9-16-6-2-3-8-20(16)24-17;1-16-6-2-4-8-20(16)22-15-14-19(24-22)13-12-18-11-10-17-7-3-5-9-21(17)23-18;1-16-5-4-7-18(15-16)22-14-13-20(24-22)12-11-19-10-9-17-6-2-3-8-21(17)23-19/h2*2-12,14H,13,15H2,1H3;1-12H,13-15H2;2-10,14H,11-13H2,1H3;2-11,15H,12-14H2,1H3;2-10,14-15H,11-13H2,1H3. The van der Waals surface area contributed by atoms with E-state index in [1.807, 2.05) is 72.8 Å². The third kappa shape index (κ3) is 22.6. The maximum atomic E-state index is 14.3. The fourth-order valence-electron chi connectivity index (χ4n) is 20.5. The van der Waals surface area contributed by atoms with Gasteiger partial charge in [-0.25, -0.2) is 14.4 Å². The van der Waals surface area contributed by atoms with Crippen LogP contribution in [0.5, 0.6) is 0 Å². The van der Waals surface area contributed by atoms with Gasteiger partial charge in [0.1, 0.15) is 17.5 Å². The first-order chi connectivity index (χ1) is 73.7. The van der Waals surface area contributed by atoms with E-state index in [-0.39, 0.29) is 5.82 Å². The Morgan fingerprint density at radius 1 is 0.247 bits per heavy atom. The van der Waals surface area contributed by atoms with E-state index in [1.165, 1.54) is 121 Å². The monoisotopic (exact) mass is 1950 g/mol. The summed E-state index contributed by atoms with van der Waals surface area (Å²) in [4.78, 5) is 57.7. The highest BCUT2D eigenvalue weighted by Gasteiger charge is 2.22. The number of imidazole rings is 2. The summed E-state index contributed by atoms with van der Waals surface area (Å²) in [7, 11) is 4.21. The second-order valence-corrected chi connectivity index (χ2v) is 39.1. The van der Waals surface area contributed by atoms with Crippen LogP contribution in [-0.4, -0.2) is 71.9 Å². The number of aryl methyl sites for hydroxylation is 13. The quantitative estimate of drug-likeness (QED) is 0.0686. The Balaban J connectivity index is 0.000000102. The van der Waals surface area contributed by atoms with Crippen LogP contribution in [-0.2, 0) is 71.9 Å². The molecule has 150 heavy (non-hydrogen) atoms. The van der Waals surface area contributed by atoms with Crippen LogP contribution in [0.2, 0.25) is 0 Å². The van der Waals surface area contributed by atoms with Gasteiger partial charge in [0.2, 0.25) is 0 Å². The van der Waals surface area contributed by atoms with Crippen molar-refractivity contribution in [2.24, 2.45) is 34.1 Å².